The number of hydrogen-bond acceptors (Lipinski definition) is 1. The molecule has 2 aromatic rings. The Morgan fingerprint density at radius 2 is 1.77 bits per heavy atom. The quantitative estimate of drug-likeness (QED) is 0.474. The van der Waals surface area contributed by atoms with Gasteiger partial charge in [0.05, 0.1) is 0 Å². The molecule has 26 heavy (non-hydrogen) atoms. The molecule has 0 spiro atoms. The third-order valence-electron chi connectivity index (χ3n) is 4.26. The van der Waals surface area contributed by atoms with Gasteiger partial charge in [-0.25, -0.2) is 0 Å². The molecule has 0 fully saturated rings. The van der Waals surface area contributed by atoms with E-state index in [9.17, 15) is 4.79 Å². The van der Waals surface area contributed by atoms with Crippen LogP contribution in [0.25, 0.3) is 10.9 Å². The van der Waals surface area contributed by atoms with E-state index < -0.39 is 0 Å². The van der Waals surface area contributed by atoms with E-state index in [2.05, 4.69) is 46.4 Å². The number of unbranched alkanes of at least 4 members (excludes halogenated alkanes) is 6. The van der Waals surface area contributed by atoms with Crippen molar-refractivity contribution in [3.63, 3.8) is 0 Å². The van der Waals surface area contributed by atoms with Gasteiger partial charge in [0, 0.05) is 41.0 Å². The number of hydrogen-bond donors (Lipinski definition) is 2. The van der Waals surface area contributed by atoms with Crippen molar-refractivity contribution in [2.45, 2.75) is 77.7 Å². The fourth-order valence-electron chi connectivity index (χ4n) is 2.98. The predicted octanol–water partition coefficient (Wildman–Crippen LogP) is 5.55. The smallest absolute Gasteiger partial charge is 0.220 e. The van der Waals surface area contributed by atoms with Crippen LogP contribution in [0.3, 0.4) is 0 Å². The predicted molar refractivity (Wildman–Crippen MR) is 110 cm³/mol. The maximum atomic E-state index is 11.7. The summed E-state index contributed by atoms with van der Waals surface area (Å²) in [7, 11) is 0. The van der Waals surface area contributed by atoms with Crippen LogP contribution in [0, 0.1) is 11.8 Å². The molecule has 1 heterocycles. The van der Waals surface area contributed by atoms with Crippen molar-refractivity contribution < 1.29 is 4.79 Å². The molecule has 0 radical (unpaired) electrons. The van der Waals surface area contributed by atoms with Gasteiger partial charge in [-0.05, 0) is 57.9 Å². The van der Waals surface area contributed by atoms with E-state index in [1.54, 1.807) is 0 Å². The second-order valence-electron chi connectivity index (χ2n) is 8.00. The van der Waals surface area contributed by atoms with Crippen molar-refractivity contribution in [3.05, 3.63) is 36.0 Å². The number of H-pyrrole nitrogens is 1. The first-order valence-corrected chi connectivity index (χ1v) is 9.81. The molecular weight excluding hydrogens is 320 g/mol. The molecule has 0 atom stereocenters. The maximum absolute atomic E-state index is 11.7. The van der Waals surface area contributed by atoms with Crippen LogP contribution >= 0.6 is 0 Å². The minimum Gasteiger partial charge on any atom is -0.361 e. The van der Waals surface area contributed by atoms with Crippen molar-refractivity contribution in [1.29, 1.82) is 0 Å². The van der Waals surface area contributed by atoms with Gasteiger partial charge in [-0.1, -0.05) is 37.5 Å². The van der Waals surface area contributed by atoms with E-state index in [0.717, 1.165) is 36.8 Å². The fraction of sp³-hybridized carbons (Fsp3) is 0.522. The first kappa shape index (κ1) is 20.1. The highest BCUT2D eigenvalue weighted by atomic mass is 16.1. The molecule has 1 aromatic carbocycles. The zero-order valence-electron chi connectivity index (χ0n) is 16.5. The van der Waals surface area contributed by atoms with Gasteiger partial charge in [-0.15, -0.1) is 0 Å². The number of nitrogens with one attached hydrogen (secondary N) is 2. The summed E-state index contributed by atoms with van der Waals surface area (Å²) < 4.78 is 0. The molecule has 1 amide bonds. The lowest BCUT2D eigenvalue weighted by Gasteiger charge is -2.20. The summed E-state index contributed by atoms with van der Waals surface area (Å²) in [6, 6.07) is 8.37. The second kappa shape index (κ2) is 10.1. The minimum absolute atomic E-state index is 0.120. The Morgan fingerprint density at radius 1 is 1.04 bits per heavy atom. The zero-order valence-corrected chi connectivity index (χ0v) is 16.5. The first-order chi connectivity index (χ1) is 12.4. The van der Waals surface area contributed by atoms with Gasteiger partial charge in [0.25, 0.3) is 0 Å². The van der Waals surface area contributed by atoms with Crippen molar-refractivity contribution >= 4 is 16.8 Å². The van der Waals surface area contributed by atoms with Gasteiger partial charge in [-0.3, -0.25) is 4.79 Å². The highest BCUT2D eigenvalue weighted by Gasteiger charge is 2.12. The number of fused-ring (bicyclic) bond motifs is 1. The van der Waals surface area contributed by atoms with Crippen molar-refractivity contribution in [3.8, 4) is 11.8 Å². The van der Waals surface area contributed by atoms with Crippen LogP contribution in [0.15, 0.2) is 30.5 Å². The lowest BCUT2D eigenvalue weighted by Crippen LogP contribution is -2.40. The van der Waals surface area contributed by atoms with Gasteiger partial charge >= 0.3 is 0 Å². The summed E-state index contributed by atoms with van der Waals surface area (Å²) in [5.74, 6) is 6.72. The van der Waals surface area contributed by atoms with E-state index in [1.807, 2.05) is 27.0 Å². The Balaban J connectivity index is 1.50. The third-order valence-corrected chi connectivity index (χ3v) is 4.26. The topological polar surface area (TPSA) is 44.9 Å². The van der Waals surface area contributed by atoms with Crippen LogP contribution in [0.1, 0.15) is 77.7 Å². The van der Waals surface area contributed by atoms with E-state index >= 15 is 0 Å². The summed E-state index contributed by atoms with van der Waals surface area (Å²) in [4.78, 5) is 14.9. The highest BCUT2D eigenvalue weighted by Crippen LogP contribution is 2.14. The number of carbonyl (C=O) groups is 1. The van der Waals surface area contributed by atoms with Crippen LogP contribution in [0.2, 0.25) is 0 Å². The SMILES string of the molecule is CC(C)(C)NC(=O)CCCCCCCCC#Cc1ccc2[nH]ccc2c1. The number of amides is 1. The summed E-state index contributed by atoms with van der Waals surface area (Å²) in [5, 5.41) is 4.23. The van der Waals surface area contributed by atoms with Crippen molar-refractivity contribution in [2.75, 3.05) is 0 Å². The average Bonchev–Trinajstić information content (AvgIpc) is 3.02. The number of carbonyl (C=O) groups excluding carboxylic acids is 1. The van der Waals surface area contributed by atoms with Crippen molar-refractivity contribution in [2.24, 2.45) is 0 Å². The molecule has 0 aliphatic carbocycles. The summed E-state index contributed by atoms with van der Waals surface area (Å²) in [5.41, 5.74) is 2.13. The molecule has 0 saturated heterocycles. The molecule has 2 N–H and O–H groups in total. The molecule has 0 aliphatic heterocycles. The van der Waals surface area contributed by atoms with Crippen LogP contribution < -0.4 is 5.32 Å². The van der Waals surface area contributed by atoms with E-state index in [4.69, 9.17) is 0 Å². The molecule has 1 aromatic heterocycles. The van der Waals surface area contributed by atoms with Gasteiger partial charge in [-0.2, -0.15) is 0 Å². The molecule has 0 saturated carbocycles. The Kier molecular flexibility index (Phi) is 7.78. The Labute approximate surface area is 158 Å². The van der Waals surface area contributed by atoms with Crippen LogP contribution in [0.5, 0.6) is 0 Å². The van der Waals surface area contributed by atoms with Gasteiger partial charge in [0.15, 0.2) is 0 Å². The number of rotatable bonds is 8. The first-order valence-electron chi connectivity index (χ1n) is 9.81. The summed E-state index contributed by atoms with van der Waals surface area (Å²) >= 11 is 0. The van der Waals surface area contributed by atoms with Crippen LogP contribution in [0.4, 0.5) is 0 Å². The molecule has 3 nitrogen and oxygen atoms in total. The number of aromatic amines is 1. The van der Waals surface area contributed by atoms with E-state index in [0.29, 0.717) is 6.42 Å². The lowest BCUT2D eigenvalue weighted by molar-refractivity contribution is -0.122. The molecule has 0 aliphatic rings. The van der Waals surface area contributed by atoms with Crippen LogP contribution in [-0.4, -0.2) is 16.4 Å². The molecule has 140 valence electrons. The number of benzene rings is 1. The average molecular weight is 353 g/mol. The van der Waals surface area contributed by atoms with Gasteiger partial charge in [0.1, 0.15) is 0 Å². The van der Waals surface area contributed by atoms with Gasteiger partial charge in [0.2, 0.25) is 5.91 Å². The second-order valence-corrected chi connectivity index (χ2v) is 8.00. The normalized spacial score (nSPS) is 11.2. The number of aromatic nitrogens is 1. The van der Waals surface area contributed by atoms with Crippen LogP contribution in [-0.2, 0) is 4.79 Å². The fourth-order valence-corrected chi connectivity index (χ4v) is 2.98. The maximum Gasteiger partial charge on any atom is 0.220 e. The van der Waals surface area contributed by atoms with E-state index in [1.165, 1.54) is 24.6 Å². The van der Waals surface area contributed by atoms with Gasteiger partial charge < -0.3 is 10.3 Å². The largest absolute Gasteiger partial charge is 0.361 e. The standard InChI is InChI=1S/C23H32N2O/c1-23(2,3)25-22(26)13-11-9-7-5-4-6-8-10-12-19-14-15-21-20(18-19)16-17-24-21/h14-18,24H,4-9,11,13H2,1-3H3,(H,25,26). The molecule has 0 bridgehead atoms. The molecule has 3 heteroatoms. The Hall–Kier alpha value is -2.21. The summed E-state index contributed by atoms with van der Waals surface area (Å²) in [6.45, 7) is 6.06. The Bertz CT molecular complexity index is 756. The van der Waals surface area contributed by atoms with Crippen molar-refractivity contribution in [1.82, 2.24) is 10.3 Å². The minimum atomic E-state index is -0.120. The lowest BCUT2D eigenvalue weighted by atomic mass is 10.1. The van der Waals surface area contributed by atoms with E-state index in [-0.39, 0.29) is 11.4 Å². The molecule has 2 rings (SSSR count). The molecule has 0 unspecified atom stereocenters. The molecular formula is C23H32N2O. The third kappa shape index (κ3) is 7.78. The highest BCUT2D eigenvalue weighted by molar-refractivity contribution is 5.80. The Morgan fingerprint density at radius 3 is 2.54 bits per heavy atom. The summed E-state index contributed by atoms with van der Waals surface area (Å²) in [6.07, 6.45) is 10.5. The monoisotopic (exact) mass is 352 g/mol. The zero-order chi connectivity index (χ0) is 18.8.